The van der Waals surface area contributed by atoms with Crippen LogP contribution in [0.3, 0.4) is 0 Å². The molecule has 1 fully saturated rings. The molecule has 5 nitrogen and oxygen atoms in total. The van der Waals surface area contributed by atoms with Gasteiger partial charge < -0.3 is 14.2 Å². The smallest absolute Gasteiger partial charge is 0.323 e. The quantitative estimate of drug-likeness (QED) is 0.690. The molecule has 0 saturated carbocycles. The van der Waals surface area contributed by atoms with Crippen LogP contribution in [0, 0.1) is 5.82 Å². The lowest BCUT2D eigenvalue weighted by molar-refractivity contribution is -0.151. The van der Waals surface area contributed by atoms with Crippen molar-refractivity contribution >= 4 is 17.3 Å². The molecule has 3 heterocycles. The third kappa shape index (κ3) is 4.06. The van der Waals surface area contributed by atoms with Crippen LogP contribution < -0.4 is 4.74 Å². The van der Waals surface area contributed by atoms with E-state index >= 15 is 0 Å². The SMILES string of the molecule is CCOC(=O)[C@H]1CCCCN1Cc1cc(F)cc2c1O[C@H](c1ccsc1)OC2. The molecule has 0 radical (unpaired) electrons. The molecule has 0 unspecified atom stereocenters. The van der Waals surface area contributed by atoms with Crippen molar-refractivity contribution in [2.45, 2.75) is 51.7 Å². The average molecular weight is 405 g/mol. The van der Waals surface area contributed by atoms with E-state index < -0.39 is 6.29 Å². The van der Waals surface area contributed by atoms with Crippen LogP contribution in [0.25, 0.3) is 0 Å². The minimum Gasteiger partial charge on any atom is -0.465 e. The molecule has 28 heavy (non-hydrogen) atoms. The van der Waals surface area contributed by atoms with Gasteiger partial charge in [0.15, 0.2) is 0 Å². The highest BCUT2D eigenvalue weighted by Crippen LogP contribution is 2.38. The fourth-order valence-electron chi connectivity index (χ4n) is 3.87. The van der Waals surface area contributed by atoms with Crippen molar-refractivity contribution in [1.29, 1.82) is 0 Å². The van der Waals surface area contributed by atoms with Gasteiger partial charge in [-0.2, -0.15) is 11.3 Å². The van der Waals surface area contributed by atoms with Gasteiger partial charge in [0.2, 0.25) is 6.29 Å². The van der Waals surface area contributed by atoms with Gasteiger partial charge in [-0.15, -0.1) is 0 Å². The maximum Gasteiger partial charge on any atom is 0.323 e. The summed E-state index contributed by atoms with van der Waals surface area (Å²) >= 11 is 1.58. The summed E-state index contributed by atoms with van der Waals surface area (Å²) in [5.74, 6) is 0.143. The molecule has 2 aliphatic heterocycles. The Morgan fingerprint density at radius 1 is 1.39 bits per heavy atom. The molecule has 2 aromatic rings. The summed E-state index contributed by atoms with van der Waals surface area (Å²) < 4.78 is 31.4. The van der Waals surface area contributed by atoms with E-state index in [9.17, 15) is 9.18 Å². The van der Waals surface area contributed by atoms with Crippen LogP contribution in [0.4, 0.5) is 4.39 Å². The second kappa shape index (κ2) is 8.59. The molecule has 7 heteroatoms. The van der Waals surface area contributed by atoms with Crippen LogP contribution in [-0.2, 0) is 27.4 Å². The van der Waals surface area contributed by atoms with Crippen molar-refractivity contribution in [3.05, 3.63) is 51.5 Å². The number of piperidine rings is 1. The van der Waals surface area contributed by atoms with Gasteiger partial charge in [0.25, 0.3) is 0 Å². The van der Waals surface area contributed by atoms with E-state index in [1.807, 2.05) is 23.8 Å². The number of hydrogen-bond donors (Lipinski definition) is 0. The minimum absolute atomic E-state index is 0.201. The number of rotatable bonds is 5. The number of thiophene rings is 1. The van der Waals surface area contributed by atoms with Crippen LogP contribution >= 0.6 is 11.3 Å². The lowest BCUT2D eigenvalue weighted by Crippen LogP contribution is -2.45. The van der Waals surface area contributed by atoms with E-state index in [1.54, 1.807) is 11.3 Å². The predicted molar refractivity (Wildman–Crippen MR) is 104 cm³/mol. The second-order valence-electron chi connectivity index (χ2n) is 7.10. The summed E-state index contributed by atoms with van der Waals surface area (Å²) in [6.07, 6.45) is 2.27. The molecule has 0 N–H and O–H groups in total. The highest BCUT2D eigenvalue weighted by molar-refractivity contribution is 7.07. The zero-order valence-electron chi connectivity index (χ0n) is 15.9. The summed E-state index contributed by atoms with van der Waals surface area (Å²) in [6.45, 7) is 3.69. The van der Waals surface area contributed by atoms with Crippen molar-refractivity contribution in [2.24, 2.45) is 0 Å². The Balaban J connectivity index is 1.59. The lowest BCUT2D eigenvalue weighted by Gasteiger charge is -2.35. The molecule has 1 aromatic carbocycles. The normalized spacial score (nSPS) is 22.4. The number of likely N-dealkylation sites (tertiary alicyclic amines) is 1. The molecular formula is C21H24FNO4S. The Labute approximate surface area is 168 Å². The topological polar surface area (TPSA) is 48.0 Å². The molecule has 0 bridgehead atoms. The molecule has 150 valence electrons. The molecule has 2 atom stereocenters. The maximum atomic E-state index is 14.2. The standard InChI is InChI=1S/C21H24FNO4S/c1-2-25-20(24)18-5-3-4-7-23(18)11-15-9-17(22)10-16-12-26-21(27-19(15)16)14-6-8-28-13-14/h6,8-10,13,18,21H,2-5,7,11-12H2,1H3/t18-,21-/m1/s1. The van der Waals surface area contributed by atoms with E-state index in [-0.39, 0.29) is 17.8 Å². The van der Waals surface area contributed by atoms with Crippen molar-refractivity contribution in [2.75, 3.05) is 13.2 Å². The summed E-state index contributed by atoms with van der Waals surface area (Å²) in [5, 5.41) is 3.96. The van der Waals surface area contributed by atoms with Gasteiger partial charge >= 0.3 is 5.97 Å². The molecule has 0 aliphatic carbocycles. The maximum absolute atomic E-state index is 14.2. The summed E-state index contributed by atoms with van der Waals surface area (Å²) in [4.78, 5) is 14.5. The van der Waals surface area contributed by atoms with Gasteiger partial charge in [-0.3, -0.25) is 9.69 Å². The Morgan fingerprint density at radius 3 is 3.07 bits per heavy atom. The van der Waals surface area contributed by atoms with Crippen LogP contribution in [-0.4, -0.2) is 30.1 Å². The zero-order chi connectivity index (χ0) is 19.5. The number of hydrogen-bond acceptors (Lipinski definition) is 6. The van der Waals surface area contributed by atoms with Crippen LogP contribution in [0.1, 0.15) is 49.2 Å². The van der Waals surface area contributed by atoms with E-state index in [0.29, 0.717) is 31.1 Å². The first-order valence-electron chi connectivity index (χ1n) is 9.68. The third-order valence-corrected chi connectivity index (χ3v) is 5.89. The van der Waals surface area contributed by atoms with Crippen LogP contribution in [0.2, 0.25) is 0 Å². The largest absolute Gasteiger partial charge is 0.465 e. The van der Waals surface area contributed by atoms with E-state index in [1.165, 1.54) is 12.1 Å². The predicted octanol–water partition coefficient (Wildman–Crippen LogP) is 4.41. The zero-order valence-corrected chi connectivity index (χ0v) is 16.7. The fourth-order valence-corrected chi connectivity index (χ4v) is 4.53. The van der Waals surface area contributed by atoms with Crippen molar-refractivity contribution in [3.8, 4) is 5.75 Å². The van der Waals surface area contributed by atoms with Crippen molar-refractivity contribution < 1.29 is 23.4 Å². The summed E-state index contributed by atoms with van der Waals surface area (Å²) in [5.41, 5.74) is 2.40. The molecule has 1 saturated heterocycles. The van der Waals surface area contributed by atoms with Crippen LogP contribution in [0.15, 0.2) is 29.0 Å². The Kier molecular flexibility index (Phi) is 5.94. The van der Waals surface area contributed by atoms with Gasteiger partial charge in [0.05, 0.1) is 13.2 Å². The lowest BCUT2D eigenvalue weighted by atomic mass is 10.00. The number of esters is 1. The average Bonchev–Trinajstić information content (AvgIpc) is 3.23. The Hall–Kier alpha value is -1.96. The first-order chi connectivity index (χ1) is 13.7. The number of carbonyl (C=O) groups excluding carboxylic acids is 1. The number of benzene rings is 1. The number of nitrogens with zero attached hydrogens (tertiary/aromatic N) is 1. The molecule has 4 rings (SSSR count). The van der Waals surface area contributed by atoms with E-state index in [2.05, 4.69) is 4.90 Å². The number of fused-ring (bicyclic) bond motifs is 1. The summed E-state index contributed by atoms with van der Waals surface area (Å²) in [6, 6.07) is 4.64. The van der Waals surface area contributed by atoms with Gasteiger partial charge in [0, 0.05) is 28.6 Å². The van der Waals surface area contributed by atoms with E-state index in [0.717, 1.165) is 36.9 Å². The molecule has 0 spiro atoms. The minimum atomic E-state index is -0.495. The molecular weight excluding hydrogens is 381 g/mol. The van der Waals surface area contributed by atoms with E-state index in [4.69, 9.17) is 14.2 Å². The first kappa shape index (κ1) is 19.4. The highest BCUT2D eigenvalue weighted by atomic mass is 32.1. The number of carbonyl (C=O) groups is 1. The first-order valence-corrected chi connectivity index (χ1v) is 10.6. The highest BCUT2D eigenvalue weighted by Gasteiger charge is 2.32. The van der Waals surface area contributed by atoms with Gasteiger partial charge in [0.1, 0.15) is 17.6 Å². The monoisotopic (exact) mass is 405 g/mol. The van der Waals surface area contributed by atoms with Crippen molar-refractivity contribution in [3.63, 3.8) is 0 Å². The van der Waals surface area contributed by atoms with Crippen molar-refractivity contribution in [1.82, 2.24) is 4.90 Å². The fraction of sp³-hybridized carbons (Fsp3) is 0.476. The number of halogens is 1. The van der Waals surface area contributed by atoms with Gasteiger partial charge in [-0.25, -0.2) is 4.39 Å². The Morgan fingerprint density at radius 2 is 2.29 bits per heavy atom. The van der Waals surface area contributed by atoms with Gasteiger partial charge in [-0.05, 0) is 49.9 Å². The molecule has 1 aromatic heterocycles. The third-order valence-electron chi connectivity index (χ3n) is 5.18. The summed E-state index contributed by atoms with van der Waals surface area (Å²) in [7, 11) is 0. The number of ether oxygens (including phenoxy) is 3. The Bertz CT molecular complexity index is 826. The second-order valence-corrected chi connectivity index (χ2v) is 7.88. The van der Waals surface area contributed by atoms with Gasteiger partial charge in [-0.1, -0.05) is 6.42 Å². The van der Waals surface area contributed by atoms with Crippen LogP contribution in [0.5, 0.6) is 5.75 Å². The molecule has 0 amide bonds. The molecule has 2 aliphatic rings.